The highest BCUT2D eigenvalue weighted by Gasteiger charge is 2.48. The molecule has 2 aromatic heterocycles. The van der Waals surface area contributed by atoms with Gasteiger partial charge in [0.2, 0.25) is 13.1 Å². The SMILES string of the molecule is CC(=O)OCn1cn[n+](C[C@](O)(c2ccc(F)cc2F)[C@@H](C)N2CCN(c3ccc(-n4ccnn4)cc3)C2=O)c1.[Br-]. The van der Waals surface area contributed by atoms with Crippen LogP contribution in [0.25, 0.3) is 5.69 Å². The molecular formula is C26H27BrF2N8O4. The smallest absolute Gasteiger partial charge is 0.324 e. The molecule has 0 spiro atoms. The van der Waals surface area contributed by atoms with Crippen LogP contribution in [0.4, 0.5) is 19.3 Å². The minimum atomic E-state index is -2.01. The summed E-state index contributed by atoms with van der Waals surface area (Å²) in [6.07, 6.45) is 6.11. The van der Waals surface area contributed by atoms with Gasteiger partial charge < -0.3 is 31.7 Å². The lowest BCUT2D eigenvalue weighted by Gasteiger charge is -2.38. The maximum Gasteiger partial charge on any atom is 0.324 e. The minimum absolute atomic E-state index is 0. The molecule has 1 aliphatic heterocycles. The van der Waals surface area contributed by atoms with E-state index >= 15 is 4.39 Å². The zero-order chi connectivity index (χ0) is 28.4. The Hall–Kier alpha value is -4.24. The van der Waals surface area contributed by atoms with Crippen LogP contribution in [0.1, 0.15) is 19.4 Å². The van der Waals surface area contributed by atoms with Gasteiger partial charge >= 0.3 is 12.0 Å². The first-order chi connectivity index (χ1) is 19.2. The van der Waals surface area contributed by atoms with Crippen LogP contribution in [0.2, 0.25) is 0 Å². The van der Waals surface area contributed by atoms with Crippen molar-refractivity contribution in [3.8, 4) is 5.69 Å². The zero-order valence-electron chi connectivity index (χ0n) is 22.1. The van der Waals surface area contributed by atoms with Gasteiger partial charge in [0.25, 0.3) is 6.33 Å². The third-order valence-corrected chi connectivity index (χ3v) is 6.90. The molecule has 2 amide bonds. The van der Waals surface area contributed by atoms with Crippen molar-refractivity contribution < 1.29 is 49.9 Å². The van der Waals surface area contributed by atoms with E-state index in [9.17, 15) is 19.1 Å². The molecular weight excluding hydrogens is 606 g/mol. The Kier molecular flexibility index (Phi) is 8.77. The van der Waals surface area contributed by atoms with E-state index in [2.05, 4.69) is 15.4 Å². The van der Waals surface area contributed by atoms with Gasteiger partial charge in [-0.2, -0.15) is 4.57 Å². The summed E-state index contributed by atoms with van der Waals surface area (Å²) < 4.78 is 38.2. The van der Waals surface area contributed by atoms with Crippen molar-refractivity contribution in [2.75, 3.05) is 18.0 Å². The molecule has 41 heavy (non-hydrogen) atoms. The number of carbonyl (C=O) groups excluding carboxylic acids is 2. The van der Waals surface area contributed by atoms with Crippen molar-refractivity contribution in [1.29, 1.82) is 0 Å². The summed E-state index contributed by atoms with van der Waals surface area (Å²) in [5, 5.41) is 24.0. The highest BCUT2D eigenvalue weighted by atomic mass is 79.9. The lowest BCUT2D eigenvalue weighted by atomic mass is 9.85. The number of esters is 1. The Morgan fingerprint density at radius 2 is 1.90 bits per heavy atom. The van der Waals surface area contributed by atoms with Crippen LogP contribution >= 0.6 is 0 Å². The zero-order valence-corrected chi connectivity index (χ0v) is 23.7. The quantitative estimate of drug-likeness (QED) is 0.181. The summed E-state index contributed by atoms with van der Waals surface area (Å²) in [5.41, 5.74) is -0.791. The van der Waals surface area contributed by atoms with Crippen molar-refractivity contribution in [1.82, 2.24) is 29.6 Å². The van der Waals surface area contributed by atoms with Crippen LogP contribution in [0, 0.1) is 11.6 Å². The van der Waals surface area contributed by atoms with Crippen molar-refractivity contribution in [3.63, 3.8) is 0 Å². The second kappa shape index (κ2) is 12.1. The van der Waals surface area contributed by atoms with E-state index in [1.807, 2.05) is 0 Å². The van der Waals surface area contributed by atoms with E-state index in [0.717, 1.165) is 11.8 Å². The van der Waals surface area contributed by atoms with Gasteiger partial charge in [-0.15, -0.1) is 9.78 Å². The molecule has 5 rings (SSSR count). The molecule has 2 aromatic carbocycles. The fourth-order valence-corrected chi connectivity index (χ4v) is 4.75. The largest absolute Gasteiger partial charge is 1.00 e. The van der Waals surface area contributed by atoms with Crippen molar-refractivity contribution in [2.45, 2.75) is 38.8 Å². The summed E-state index contributed by atoms with van der Waals surface area (Å²) >= 11 is 0. The highest BCUT2D eigenvalue weighted by Crippen LogP contribution is 2.34. The topological polar surface area (TPSA) is 122 Å². The Morgan fingerprint density at radius 1 is 1.17 bits per heavy atom. The van der Waals surface area contributed by atoms with Crippen LogP contribution in [-0.4, -0.2) is 65.8 Å². The third-order valence-electron chi connectivity index (χ3n) is 6.90. The van der Waals surface area contributed by atoms with Crippen molar-refractivity contribution in [2.24, 2.45) is 0 Å². The fourth-order valence-electron chi connectivity index (χ4n) is 4.75. The average Bonchev–Trinajstić information content (AvgIpc) is 3.69. The monoisotopic (exact) mass is 632 g/mol. The highest BCUT2D eigenvalue weighted by molar-refractivity contribution is 5.94. The molecule has 1 aliphatic rings. The van der Waals surface area contributed by atoms with Gasteiger partial charge in [0.1, 0.15) is 18.2 Å². The van der Waals surface area contributed by atoms with E-state index in [1.54, 1.807) is 53.2 Å². The van der Waals surface area contributed by atoms with Gasteiger partial charge in [-0.25, -0.2) is 18.3 Å². The van der Waals surface area contributed by atoms with Gasteiger partial charge in [-0.1, -0.05) is 11.3 Å². The normalized spacial score (nSPS) is 15.4. The maximum absolute atomic E-state index is 15.1. The third kappa shape index (κ3) is 6.10. The number of hydrogen-bond donors (Lipinski definition) is 1. The number of rotatable bonds is 9. The molecule has 3 heterocycles. The Morgan fingerprint density at radius 3 is 2.56 bits per heavy atom. The van der Waals surface area contributed by atoms with Crippen molar-refractivity contribution >= 4 is 17.7 Å². The van der Waals surface area contributed by atoms with E-state index in [4.69, 9.17) is 4.74 Å². The molecule has 1 N–H and O–H groups in total. The number of anilines is 1. The number of hydrogen-bond acceptors (Lipinski definition) is 7. The Bertz CT molecular complexity index is 1520. The summed E-state index contributed by atoms with van der Waals surface area (Å²) in [6, 6.07) is 8.73. The van der Waals surface area contributed by atoms with E-state index in [-0.39, 0.29) is 48.4 Å². The molecule has 1 saturated heterocycles. The summed E-state index contributed by atoms with van der Waals surface area (Å²) in [6.45, 7) is 3.07. The fraction of sp³-hybridized carbons (Fsp3) is 0.308. The number of halogens is 3. The molecule has 4 aromatic rings. The molecule has 216 valence electrons. The number of aliphatic hydroxyl groups is 1. The number of aromatic nitrogens is 6. The first-order valence-electron chi connectivity index (χ1n) is 12.4. The standard InChI is InChI=1S/C26H27F2N8O4.BrH/c1-18(34-11-12-35(25(34)38)21-4-6-22(7-5-21)36-10-9-29-31-36)26(39,23-8-3-20(27)13-24(23)28)14-33-16-32(15-30-33)17-40-19(2)37;/h3-10,13,15-16,18,39H,11-12,14,17H2,1-2H3;1H/q+1;/p-1/t18-,26-;/m1./s1. The molecule has 12 nitrogen and oxygen atoms in total. The van der Waals surface area contributed by atoms with Crippen LogP contribution in [0.3, 0.4) is 0 Å². The van der Waals surface area contributed by atoms with Gasteiger partial charge in [0, 0.05) is 37.3 Å². The van der Waals surface area contributed by atoms with Crippen molar-refractivity contribution in [3.05, 3.63) is 84.7 Å². The average molecular weight is 633 g/mol. The van der Waals surface area contributed by atoms with E-state index in [1.165, 1.54) is 39.8 Å². The first kappa shape index (κ1) is 29.7. The molecule has 0 radical (unpaired) electrons. The predicted molar refractivity (Wildman–Crippen MR) is 135 cm³/mol. The molecule has 1 fully saturated rings. The van der Waals surface area contributed by atoms with E-state index < -0.39 is 29.2 Å². The number of carbonyl (C=O) groups is 2. The molecule has 2 atom stereocenters. The van der Waals surface area contributed by atoms with Crippen LogP contribution in [0.5, 0.6) is 0 Å². The lowest BCUT2D eigenvalue weighted by molar-refractivity contribution is -0.765. The molecule has 0 saturated carbocycles. The van der Waals surface area contributed by atoms with Crippen LogP contribution < -0.4 is 26.6 Å². The Labute approximate surface area is 244 Å². The second-order valence-corrected chi connectivity index (χ2v) is 9.44. The number of nitrogens with zero attached hydrogens (tertiary/aromatic N) is 8. The minimum Gasteiger partial charge on any atom is -1.00 e. The number of benzene rings is 2. The van der Waals surface area contributed by atoms with Crippen LogP contribution in [-0.2, 0) is 28.4 Å². The molecule has 0 unspecified atom stereocenters. The second-order valence-electron chi connectivity index (χ2n) is 9.44. The molecule has 15 heteroatoms. The summed E-state index contributed by atoms with van der Waals surface area (Å²) in [5.74, 6) is -2.24. The summed E-state index contributed by atoms with van der Waals surface area (Å²) in [4.78, 5) is 27.7. The number of urea groups is 1. The number of amides is 2. The Balaban J connectivity index is 0.00000387. The van der Waals surface area contributed by atoms with Gasteiger partial charge in [-0.3, -0.25) is 9.69 Å². The molecule has 0 bridgehead atoms. The maximum atomic E-state index is 15.1. The van der Waals surface area contributed by atoms with Gasteiger partial charge in [-0.05, 0) is 42.4 Å². The van der Waals surface area contributed by atoms with Crippen LogP contribution in [0.15, 0.2) is 67.5 Å². The predicted octanol–water partition coefficient (Wildman–Crippen LogP) is -1.23. The number of ether oxygens (including phenoxy) is 1. The van der Waals surface area contributed by atoms with Gasteiger partial charge in [0.15, 0.2) is 5.60 Å². The summed E-state index contributed by atoms with van der Waals surface area (Å²) in [7, 11) is 0. The molecule has 0 aliphatic carbocycles. The first-order valence-corrected chi connectivity index (χ1v) is 12.4. The lowest BCUT2D eigenvalue weighted by Crippen LogP contribution is -3.00. The van der Waals surface area contributed by atoms with Gasteiger partial charge in [0.05, 0.1) is 24.1 Å². The van der Waals surface area contributed by atoms with E-state index in [0.29, 0.717) is 18.3 Å².